The first kappa shape index (κ1) is 14.5. The second-order valence-electron chi connectivity index (χ2n) is 3.91. The first-order valence-corrected chi connectivity index (χ1v) is 5.45. The molecule has 0 spiro atoms. The van der Waals surface area contributed by atoms with Crippen molar-refractivity contribution in [3.63, 3.8) is 0 Å². The van der Waals surface area contributed by atoms with Crippen molar-refractivity contribution in [2.75, 3.05) is 6.54 Å². The van der Waals surface area contributed by atoms with Gasteiger partial charge in [0, 0.05) is 0 Å². The Bertz CT molecular complexity index is 379. The van der Waals surface area contributed by atoms with Crippen molar-refractivity contribution in [3.05, 3.63) is 35.9 Å². The van der Waals surface area contributed by atoms with Gasteiger partial charge in [-0.05, 0) is 18.4 Å². The molecule has 0 heterocycles. The lowest BCUT2D eigenvalue weighted by atomic mass is 10.1. The molecular formula is C12H14F3NO2. The number of carboxylic acid groups (broad SMARTS) is 1. The van der Waals surface area contributed by atoms with E-state index in [0.29, 0.717) is 6.42 Å². The third-order valence-corrected chi connectivity index (χ3v) is 2.41. The average molecular weight is 261 g/mol. The van der Waals surface area contributed by atoms with Crippen LogP contribution in [-0.4, -0.2) is 29.8 Å². The molecule has 1 aromatic rings. The summed E-state index contributed by atoms with van der Waals surface area (Å²) in [6, 6.07) is 7.85. The van der Waals surface area contributed by atoms with Gasteiger partial charge in [0.05, 0.1) is 6.54 Å². The lowest BCUT2D eigenvalue weighted by molar-refractivity contribution is -0.143. The van der Waals surface area contributed by atoms with Crippen LogP contribution in [0.25, 0.3) is 0 Å². The molecule has 2 N–H and O–H groups in total. The molecule has 0 saturated heterocycles. The monoisotopic (exact) mass is 261 g/mol. The third kappa shape index (κ3) is 5.67. The summed E-state index contributed by atoms with van der Waals surface area (Å²) in [7, 11) is 0. The summed E-state index contributed by atoms with van der Waals surface area (Å²) in [5, 5.41) is 10.8. The Morgan fingerprint density at radius 2 is 1.89 bits per heavy atom. The van der Waals surface area contributed by atoms with Crippen molar-refractivity contribution in [1.82, 2.24) is 5.32 Å². The molecule has 0 saturated carbocycles. The number of hydrogen-bond donors (Lipinski definition) is 2. The van der Waals surface area contributed by atoms with Crippen molar-refractivity contribution < 1.29 is 23.1 Å². The number of aliphatic carboxylic acids is 1. The number of halogens is 3. The standard InChI is InChI=1S/C12H14F3NO2/c13-12(14,15)8-16-10(11(17)18)7-6-9-4-2-1-3-5-9/h1-5,10,16H,6-8H2,(H,17,18). The number of carboxylic acids is 1. The highest BCUT2D eigenvalue weighted by Gasteiger charge is 2.29. The Morgan fingerprint density at radius 1 is 1.28 bits per heavy atom. The molecule has 18 heavy (non-hydrogen) atoms. The Morgan fingerprint density at radius 3 is 2.39 bits per heavy atom. The molecule has 0 radical (unpaired) electrons. The van der Waals surface area contributed by atoms with Crippen LogP contribution in [0.15, 0.2) is 30.3 Å². The van der Waals surface area contributed by atoms with Crippen molar-refractivity contribution in [2.45, 2.75) is 25.1 Å². The molecular weight excluding hydrogens is 247 g/mol. The van der Waals surface area contributed by atoms with Crippen molar-refractivity contribution in [3.8, 4) is 0 Å². The number of rotatable bonds is 6. The van der Waals surface area contributed by atoms with Crippen LogP contribution in [0, 0.1) is 0 Å². The van der Waals surface area contributed by atoms with Gasteiger partial charge in [0.2, 0.25) is 0 Å². The number of nitrogens with one attached hydrogen (secondary N) is 1. The van der Waals surface area contributed by atoms with Gasteiger partial charge in [-0.15, -0.1) is 0 Å². The van der Waals surface area contributed by atoms with E-state index in [1.165, 1.54) is 0 Å². The van der Waals surface area contributed by atoms with E-state index in [1.54, 1.807) is 12.1 Å². The largest absolute Gasteiger partial charge is 0.480 e. The summed E-state index contributed by atoms with van der Waals surface area (Å²) < 4.78 is 36.0. The maximum absolute atomic E-state index is 12.0. The fourth-order valence-electron chi connectivity index (χ4n) is 1.51. The van der Waals surface area contributed by atoms with Crippen LogP contribution in [-0.2, 0) is 11.2 Å². The fraction of sp³-hybridized carbons (Fsp3) is 0.417. The van der Waals surface area contributed by atoms with Gasteiger partial charge < -0.3 is 5.11 Å². The van der Waals surface area contributed by atoms with E-state index in [2.05, 4.69) is 0 Å². The Labute approximate surface area is 103 Å². The molecule has 0 amide bonds. The third-order valence-electron chi connectivity index (χ3n) is 2.41. The quantitative estimate of drug-likeness (QED) is 0.825. The van der Waals surface area contributed by atoms with Crippen LogP contribution in [0.3, 0.4) is 0 Å². The summed E-state index contributed by atoms with van der Waals surface area (Å²) in [6.45, 7) is -1.29. The normalized spacial score (nSPS) is 13.3. The molecule has 0 fully saturated rings. The van der Waals surface area contributed by atoms with Gasteiger partial charge in [-0.2, -0.15) is 13.2 Å². The summed E-state index contributed by atoms with van der Waals surface area (Å²) in [5.41, 5.74) is 0.901. The molecule has 6 heteroatoms. The van der Waals surface area contributed by atoms with Crippen LogP contribution in [0.4, 0.5) is 13.2 Å². The molecule has 0 aliphatic carbocycles. The van der Waals surface area contributed by atoms with Crippen LogP contribution >= 0.6 is 0 Å². The number of carbonyl (C=O) groups is 1. The molecule has 1 unspecified atom stereocenters. The van der Waals surface area contributed by atoms with Gasteiger partial charge in [-0.3, -0.25) is 10.1 Å². The van der Waals surface area contributed by atoms with E-state index in [0.717, 1.165) is 5.56 Å². The van der Waals surface area contributed by atoms with Crippen LogP contribution < -0.4 is 5.32 Å². The number of aryl methyl sites for hydroxylation is 1. The predicted octanol–water partition coefficient (Wildman–Crippen LogP) is 2.22. The first-order chi connectivity index (χ1) is 8.38. The molecule has 1 rings (SSSR count). The van der Waals surface area contributed by atoms with Gasteiger partial charge >= 0.3 is 12.1 Å². The molecule has 0 aromatic heterocycles. The van der Waals surface area contributed by atoms with E-state index in [1.807, 2.05) is 23.5 Å². The summed E-state index contributed by atoms with van der Waals surface area (Å²) in [4.78, 5) is 10.8. The number of benzene rings is 1. The maximum atomic E-state index is 12.0. The van der Waals surface area contributed by atoms with Crippen LogP contribution in [0.1, 0.15) is 12.0 Å². The Hall–Kier alpha value is -1.56. The second-order valence-corrected chi connectivity index (χ2v) is 3.91. The minimum absolute atomic E-state index is 0.120. The molecule has 1 aromatic carbocycles. The van der Waals surface area contributed by atoms with Gasteiger partial charge in [0.25, 0.3) is 0 Å². The van der Waals surface area contributed by atoms with E-state index in [-0.39, 0.29) is 6.42 Å². The maximum Gasteiger partial charge on any atom is 0.401 e. The molecule has 0 bridgehead atoms. The molecule has 1 atom stereocenters. The lowest BCUT2D eigenvalue weighted by Gasteiger charge is -2.15. The lowest BCUT2D eigenvalue weighted by Crippen LogP contribution is -2.42. The zero-order valence-electron chi connectivity index (χ0n) is 9.57. The van der Waals surface area contributed by atoms with Crippen molar-refractivity contribution >= 4 is 5.97 Å². The Kier molecular flexibility index (Phi) is 5.15. The number of hydrogen-bond acceptors (Lipinski definition) is 2. The van der Waals surface area contributed by atoms with Gasteiger partial charge in [0.1, 0.15) is 6.04 Å². The van der Waals surface area contributed by atoms with Crippen LogP contribution in [0.5, 0.6) is 0 Å². The van der Waals surface area contributed by atoms with E-state index < -0.39 is 24.7 Å². The average Bonchev–Trinajstić information content (AvgIpc) is 2.28. The van der Waals surface area contributed by atoms with E-state index in [9.17, 15) is 18.0 Å². The van der Waals surface area contributed by atoms with E-state index >= 15 is 0 Å². The highest BCUT2D eigenvalue weighted by atomic mass is 19.4. The SMILES string of the molecule is O=C(O)C(CCc1ccccc1)NCC(F)(F)F. The molecule has 0 aliphatic heterocycles. The zero-order chi connectivity index (χ0) is 13.6. The van der Waals surface area contributed by atoms with Crippen molar-refractivity contribution in [1.29, 1.82) is 0 Å². The van der Waals surface area contributed by atoms with Crippen LogP contribution in [0.2, 0.25) is 0 Å². The van der Waals surface area contributed by atoms with Gasteiger partial charge in [0.15, 0.2) is 0 Å². The summed E-state index contributed by atoms with van der Waals surface area (Å²) in [6.07, 6.45) is -3.86. The fourth-order valence-corrected chi connectivity index (χ4v) is 1.51. The second kappa shape index (κ2) is 6.39. The van der Waals surface area contributed by atoms with Gasteiger partial charge in [-0.1, -0.05) is 30.3 Å². The smallest absolute Gasteiger partial charge is 0.401 e. The topological polar surface area (TPSA) is 49.3 Å². The first-order valence-electron chi connectivity index (χ1n) is 5.45. The van der Waals surface area contributed by atoms with Crippen molar-refractivity contribution in [2.24, 2.45) is 0 Å². The summed E-state index contributed by atoms with van der Waals surface area (Å²) >= 11 is 0. The number of alkyl halides is 3. The highest BCUT2D eigenvalue weighted by molar-refractivity contribution is 5.73. The molecule has 0 aliphatic rings. The molecule has 100 valence electrons. The summed E-state index contributed by atoms with van der Waals surface area (Å²) in [5.74, 6) is -1.27. The van der Waals surface area contributed by atoms with E-state index in [4.69, 9.17) is 5.11 Å². The zero-order valence-corrected chi connectivity index (χ0v) is 9.57. The predicted molar refractivity (Wildman–Crippen MR) is 60.2 cm³/mol. The minimum Gasteiger partial charge on any atom is -0.480 e. The highest BCUT2D eigenvalue weighted by Crippen LogP contribution is 2.13. The molecule has 3 nitrogen and oxygen atoms in total. The van der Waals surface area contributed by atoms with Gasteiger partial charge in [-0.25, -0.2) is 0 Å². The Balaban J connectivity index is 2.46. The minimum atomic E-state index is -4.40.